The number of aromatic nitrogens is 2. The Hall–Kier alpha value is -1.52. The lowest BCUT2D eigenvalue weighted by atomic mass is 10.2. The Labute approximate surface area is 76.2 Å². The van der Waals surface area contributed by atoms with Gasteiger partial charge in [-0.05, 0) is 13.3 Å². The van der Waals surface area contributed by atoms with Gasteiger partial charge in [-0.2, -0.15) is 5.10 Å². The summed E-state index contributed by atoms with van der Waals surface area (Å²) < 4.78 is 1.44. The molecule has 0 aliphatic carbocycles. The Morgan fingerprint density at radius 2 is 2.46 bits per heavy atom. The predicted molar refractivity (Wildman–Crippen MR) is 48.6 cm³/mol. The first-order valence-corrected chi connectivity index (χ1v) is 4.14. The number of rotatable bonds is 3. The molecule has 0 saturated heterocycles. The van der Waals surface area contributed by atoms with Crippen LogP contribution < -0.4 is 5.73 Å². The van der Waals surface area contributed by atoms with Crippen molar-refractivity contribution in [3.63, 3.8) is 0 Å². The molecule has 1 aromatic heterocycles. The molecule has 0 saturated carbocycles. The molecule has 13 heavy (non-hydrogen) atoms. The smallest absolute Gasteiger partial charge is 0.356 e. The van der Waals surface area contributed by atoms with Gasteiger partial charge < -0.3 is 10.8 Å². The van der Waals surface area contributed by atoms with Gasteiger partial charge in [-0.25, -0.2) is 4.79 Å². The van der Waals surface area contributed by atoms with Gasteiger partial charge in [0.05, 0.1) is 11.9 Å². The number of aromatic carboxylic acids is 1. The summed E-state index contributed by atoms with van der Waals surface area (Å²) in [6, 6.07) is 0.0587. The predicted octanol–water partition coefficient (Wildman–Crippen LogP) is 1.13. The lowest BCUT2D eigenvalue weighted by Crippen LogP contribution is -2.14. The second-order valence-corrected chi connectivity index (χ2v) is 2.96. The SMILES string of the molecule is CCC(C)n1ncc(N)c1C(=O)O. The van der Waals surface area contributed by atoms with Crippen molar-refractivity contribution in [1.29, 1.82) is 0 Å². The van der Waals surface area contributed by atoms with Crippen molar-refractivity contribution in [3.8, 4) is 0 Å². The second-order valence-electron chi connectivity index (χ2n) is 2.96. The van der Waals surface area contributed by atoms with Crippen LogP contribution in [0.2, 0.25) is 0 Å². The zero-order valence-electron chi connectivity index (χ0n) is 7.69. The van der Waals surface area contributed by atoms with Gasteiger partial charge in [-0.3, -0.25) is 4.68 Å². The molecule has 1 rings (SSSR count). The summed E-state index contributed by atoms with van der Waals surface area (Å²) in [5.41, 5.74) is 5.76. The maximum Gasteiger partial charge on any atom is 0.356 e. The van der Waals surface area contributed by atoms with Crippen LogP contribution in [-0.4, -0.2) is 20.9 Å². The monoisotopic (exact) mass is 183 g/mol. The zero-order valence-corrected chi connectivity index (χ0v) is 7.69. The quantitative estimate of drug-likeness (QED) is 0.736. The van der Waals surface area contributed by atoms with Gasteiger partial charge in [0.25, 0.3) is 0 Å². The Kier molecular flexibility index (Phi) is 2.55. The molecule has 1 heterocycles. The lowest BCUT2D eigenvalue weighted by molar-refractivity contribution is 0.0681. The summed E-state index contributed by atoms with van der Waals surface area (Å²) in [5, 5.41) is 12.8. The molecule has 0 aliphatic rings. The molecular formula is C8H13N3O2. The molecular weight excluding hydrogens is 170 g/mol. The van der Waals surface area contributed by atoms with E-state index in [-0.39, 0.29) is 17.4 Å². The van der Waals surface area contributed by atoms with Gasteiger partial charge in [0.15, 0.2) is 5.69 Å². The lowest BCUT2D eigenvalue weighted by Gasteiger charge is -2.11. The van der Waals surface area contributed by atoms with E-state index in [0.29, 0.717) is 0 Å². The largest absolute Gasteiger partial charge is 0.476 e. The number of nitrogen functional groups attached to an aromatic ring is 1. The third-order valence-electron chi connectivity index (χ3n) is 2.03. The average molecular weight is 183 g/mol. The van der Waals surface area contributed by atoms with Gasteiger partial charge in [-0.1, -0.05) is 6.92 Å². The van der Waals surface area contributed by atoms with E-state index in [0.717, 1.165) is 6.42 Å². The van der Waals surface area contributed by atoms with E-state index in [4.69, 9.17) is 10.8 Å². The molecule has 1 atom stereocenters. The number of carboxylic acid groups (broad SMARTS) is 1. The number of hydrogen-bond donors (Lipinski definition) is 2. The van der Waals surface area contributed by atoms with Crippen molar-refractivity contribution in [2.24, 2.45) is 0 Å². The van der Waals surface area contributed by atoms with Gasteiger partial charge >= 0.3 is 5.97 Å². The first kappa shape index (κ1) is 9.57. The summed E-state index contributed by atoms with van der Waals surface area (Å²) >= 11 is 0. The number of anilines is 1. The molecule has 0 radical (unpaired) electrons. The number of carbonyl (C=O) groups is 1. The van der Waals surface area contributed by atoms with Crippen molar-refractivity contribution in [3.05, 3.63) is 11.9 Å². The normalized spacial score (nSPS) is 12.8. The molecule has 5 heteroatoms. The highest BCUT2D eigenvalue weighted by atomic mass is 16.4. The molecule has 0 aromatic carbocycles. The van der Waals surface area contributed by atoms with Crippen LogP contribution in [0.5, 0.6) is 0 Å². The minimum atomic E-state index is -1.03. The van der Waals surface area contributed by atoms with Crippen LogP contribution in [-0.2, 0) is 0 Å². The molecule has 1 unspecified atom stereocenters. The molecule has 0 spiro atoms. The highest BCUT2D eigenvalue weighted by Crippen LogP contribution is 2.17. The Balaban J connectivity index is 3.14. The highest BCUT2D eigenvalue weighted by Gasteiger charge is 2.18. The molecule has 0 aliphatic heterocycles. The van der Waals surface area contributed by atoms with Crippen LogP contribution in [0.25, 0.3) is 0 Å². The van der Waals surface area contributed by atoms with Crippen LogP contribution in [0.3, 0.4) is 0 Å². The number of hydrogen-bond acceptors (Lipinski definition) is 3. The Morgan fingerprint density at radius 1 is 1.85 bits per heavy atom. The first-order chi connectivity index (χ1) is 6.07. The third-order valence-corrected chi connectivity index (χ3v) is 2.03. The molecule has 3 N–H and O–H groups in total. The summed E-state index contributed by atoms with van der Waals surface area (Å²) in [7, 11) is 0. The van der Waals surface area contributed by atoms with E-state index in [9.17, 15) is 4.79 Å². The fraction of sp³-hybridized carbons (Fsp3) is 0.500. The minimum absolute atomic E-state index is 0.0587. The van der Waals surface area contributed by atoms with E-state index >= 15 is 0 Å². The first-order valence-electron chi connectivity index (χ1n) is 4.14. The average Bonchev–Trinajstić information content (AvgIpc) is 2.45. The topological polar surface area (TPSA) is 81.1 Å². The summed E-state index contributed by atoms with van der Waals surface area (Å²) in [4.78, 5) is 10.8. The molecule has 0 fully saturated rings. The van der Waals surface area contributed by atoms with Crippen LogP contribution in [0.4, 0.5) is 5.69 Å². The maximum atomic E-state index is 10.8. The van der Waals surface area contributed by atoms with Gasteiger partial charge in [-0.15, -0.1) is 0 Å². The van der Waals surface area contributed by atoms with Crippen molar-refractivity contribution in [2.75, 3.05) is 5.73 Å². The van der Waals surface area contributed by atoms with Crippen molar-refractivity contribution < 1.29 is 9.90 Å². The van der Waals surface area contributed by atoms with E-state index in [1.807, 2.05) is 13.8 Å². The van der Waals surface area contributed by atoms with Gasteiger partial charge in [0, 0.05) is 6.04 Å². The summed E-state index contributed by atoms with van der Waals surface area (Å²) in [6.07, 6.45) is 2.19. The maximum absolute atomic E-state index is 10.8. The molecule has 1 aromatic rings. The minimum Gasteiger partial charge on any atom is -0.476 e. The van der Waals surface area contributed by atoms with E-state index in [1.165, 1.54) is 10.9 Å². The van der Waals surface area contributed by atoms with Crippen molar-refractivity contribution in [1.82, 2.24) is 9.78 Å². The zero-order chi connectivity index (χ0) is 10.0. The van der Waals surface area contributed by atoms with E-state index < -0.39 is 5.97 Å². The van der Waals surface area contributed by atoms with Gasteiger partial charge in [0.1, 0.15) is 0 Å². The Bertz CT molecular complexity index is 319. The van der Waals surface area contributed by atoms with Crippen LogP contribution in [0.1, 0.15) is 36.8 Å². The van der Waals surface area contributed by atoms with Crippen LogP contribution in [0, 0.1) is 0 Å². The molecule has 5 nitrogen and oxygen atoms in total. The van der Waals surface area contributed by atoms with Crippen LogP contribution >= 0.6 is 0 Å². The third kappa shape index (κ3) is 1.63. The van der Waals surface area contributed by atoms with E-state index in [2.05, 4.69) is 5.10 Å². The standard InChI is InChI=1S/C8H13N3O2/c1-3-5(2)11-7(8(12)13)6(9)4-10-11/h4-5H,3,9H2,1-2H3,(H,12,13). The molecule has 0 amide bonds. The fourth-order valence-corrected chi connectivity index (χ4v) is 1.10. The number of carboxylic acids is 1. The summed E-state index contributed by atoms with van der Waals surface area (Å²) in [6.45, 7) is 3.87. The van der Waals surface area contributed by atoms with Crippen LogP contribution in [0.15, 0.2) is 6.20 Å². The highest BCUT2D eigenvalue weighted by molar-refractivity contribution is 5.91. The Morgan fingerprint density at radius 3 is 2.92 bits per heavy atom. The second kappa shape index (κ2) is 3.47. The number of nitrogens with two attached hydrogens (primary N) is 1. The van der Waals surface area contributed by atoms with E-state index in [1.54, 1.807) is 0 Å². The molecule has 72 valence electrons. The van der Waals surface area contributed by atoms with Crippen molar-refractivity contribution in [2.45, 2.75) is 26.3 Å². The molecule has 0 bridgehead atoms. The summed E-state index contributed by atoms with van der Waals surface area (Å²) in [5.74, 6) is -1.03. The van der Waals surface area contributed by atoms with Gasteiger partial charge in [0.2, 0.25) is 0 Å². The number of nitrogens with zero attached hydrogens (tertiary/aromatic N) is 2. The van der Waals surface area contributed by atoms with Crippen molar-refractivity contribution >= 4 is 11.7 Å². The fourth-order valence-electron chi connectivity index (χ4n) is 1.10.